The molecule has 14 atom stereocenters. The van der Waals surface area contributed by atoms with E-state index in [9.17, 15) is 72.9 Å². The van der Waals surface area contributed by atoms with Crippen LogP contribution in [0.2, 0.25) is 0 Å². The number of hydrogen-bond acceptors (Lipinski definition) is 16. The summed E-state index contributed by atoms with van der Waals surface area (Å²) < 4.78 is 5.40. The first-order valence-corrected chi connectivity index (χ1v) is 28.8. The van der Waals surface area contributed by atoms with Gasteiger partial charge in [0.25, 0.3) is 11.8 Å². The Morgan fingerprint density at radius 3 is 1.86 bits per heavy atom. The maximum Gasteiger partial charge on any atom is 0.268 e. The molecule has 2 rings (SSSR count). The monoisotopic (exact) mass is 1200 g/mol. The van der Waals surface area contributed by atoms with Gasteiger partial charge in [-0.05, 0) is 78.1 Å². The Hall–Kier alpha value is -6.49. The van der Waals surface area contributed by atoms with Gasteiger partial charge in [0.15, 0.2) is 6.10 Å². The smallest absolute Gasteiger partial charge is 0.268 e. The predicted octanol–water partition coefficient (Wildman–Crippen LogP) is -2.80. The Balaban J connectivity index is 2.79. The van der Waals surface area contributed by atoms with Gasteiger partial charge >= 0.3 is 0 Å². The van der Waals surface area contributed by atoms with Gasteiger partial charge in [-0.15, -0.1) is 11.6 Å². The minimum absolute atomic E-state index is 0.0427. The van der Waals surface area contributed by atoms with Crippen LogP contribution in [0.3, 0.4) is 0 Å². The number of aliphatic hydroxyl groups is 3. The van der Waals surface area contributed by atoms with Crippen LogP contribution < -0.4 is 54.0 Å². The molecule has 29 heteroatoms. The minimum Gasteiger partial charge on any atom is -0.391 e. The van der Waals surface area contributed by atoms with Crippen molar-refractivity contribution in [2.24, 2.45) is 23.3 Å². The van der Waals surface area contributed by atoms with Crippen molar-refractivity contribution in [2.45, 2.75) is 217 Å². The van der Waals surface area contributed by atoms with E-state index in [4.69, 9.17) is 27.8 Å². The van der Waals surface area contributed by atoms with E-state index in [1.54, 1.807) is 20.8 Å². The summed E-state index contributed by atoms with van der Waals surface area (Å²) in [5.41, 5.74) is 10.5. The van der Waals surface area contributed by atoms with Crippen LogP contribution >= 0.6 is 11.6 Å². The van der Waals surface area contributed by atoms with E-state index >= 15 is 0 Å². The Labute approximate surface area is 490 Å². The van der Waals surface area contributed by atoms with Crippen LogP contribution in [0.1, 0.15) is 139 Å². The van der Waals surface area contributed by atoms with E-state index < -0.39 is 187 Å². The van der Waals surface area contributed by atoms with E-state index in [0.717, 1.165) is 75.3 Å². The molecule has 0 spiro atoms. The number of methoxy groups -OCH3 is 1. The molecule has 2 aliphatic heterocycles. The highest BCUT2D eigenvalue weighted by Gasteiger charge is 2.44. The summed E-state index contributed by atoms with van der Waals surface area (Å²) in [7, 11) is 2.38. The van der Waals surface area contributed by atoms with Crippen LogP contribution in [0, 0.1) is 11.8 Å². The molecular weight excluding hydrogens is 1110 g/mol. The highest BCUT2D eigenvalue weighted by atomic mass is 35.5. The summed E-state index contributed by atoms with van der Waals surface area (Å²) in [5.74, 6) is -13.7. The zero-order valence-electron chi connectivity index (χ0n) is 49.4. The normalized spacial score (nSPS) is 27.3. The van der Waals surface area contributed by atoms with Gasteiger partial charge in [0.1, 0.15) is 48.0 Å². The van der Waals surface area contributed by atoms with Crippen molar-refractivity contribution in [3.05, 3.63) is 11.8 Å². The van der Waals surface area contributed by atoms with Crippen LogP contribution in [0.15, 0.2) is 11.8 Å². The Bertz CT molecular complexity index is 2310. The standard InChI is InChI=1S/C54H91ClN12O16/c1-11-32(55)20-17-15-13-14-16-19-28(5)41-45(73)52(80)62-40(27(3)4)49(77)59-33(12-2)47(75)64-43(30(7)69)51(79)65-42(29(6)68)50(78)60-34(22-23-37(56)70)46(74)58-26-39(72)61-44(31(8)83-10)54(82)66(9)36(25-38(57)71)53(81)67-24-18-21-35(67)48(76)63-41/h12,27-32,34-36,40-45,68-69,73H,11,13-26H2,1-10H3,(H2,56,70)(H2,57,71)(H,58,74)(H,59,77)(H,60,78)(H,61,72)(H,62,80)(H,63,76)(H,64,75)(H,65,79)/b33-12+/t28-,29+,30+,31+,32-,34-,35-,36-,40-,41+,42-,43-,44-,45+/m0/s1. The van der Waals surface area contributed by atoms with E-state index in [2.05, 4.69) is 42.5 Å². The number of unbranched alkanes of at least 4 members (excludes halogenated alkanes) is 4. The third-order valence-electron chi connectivity index (χ3n) is 14.8. The zero-order valence-corrected chi connectivity index (χ0v) is 50.2. The molecule has 2 aliphatic rings. The molecule has 0 aromatic rings. The van der Waals surface area contributed by atoms with Crippen LogP contribution in [0.4, 0.5) is 0 Å². The number of aliphatic hydroxyl groups excluding tert-OH is 3. The van der Waals surface area contributed by atoms with Crippen LogP contribution in [-0.2, 0) is 62.3 Å². The summed E-state index contributed by atoms with van der Waals surface area (Å²) in [4.78, 5) is 167. The maximum absolute atomic E-state index is 14.7. The lowest BCUT2D eigenvalue weighted by molar-refractivity contribution is -0.151. The molecule has 0 aromatic heterocycles. The summed E-state index contributed by atoms with van der Waals surface area (Å²) in [6.07, 6.45) is -0.603. The number of nitrogens with one attached hydrogen (secondary N) is 8. The number of carbonyl (C=O) groups is 12. The predicted molar refractivity (Wildman–Crippen MR) is 302 cm³/mol. The molecule has 0 radical (unpaired) electrons. The van der Waals surface area contributed by atoms with Gasteiger partial charge in [-0.1, -0.05) is 65.9 Å². The number of allylic oxidation sites excluding steroid dienone is 1. The quantitative estimate of drug-likeness (QED) is 0.0333. The maximum atomic E-state index is 14.7. The zero-order chi connectivity index (χ0) is 63.0. The molecule has 2 heterocycles. The molecule has 2 fully saturated rings. The fourth-order valence-electron chi connectivity index (χ4n) is 9.51. The number of amides is 12. The number of nitrogens with zero attached hydrogens (tertiary/aromatic N) is 2. The number of alkyl halides is 1. The summed E-state index contributed by atoms with van der Waals surface area (Å²) in [5, 5.41) is 52.6. The van der Waals surface area contributed by atoms with Crippen molar-refractivity contribution in [1.82, 2.24) is 52.3 Å². The second-order valence-electron chi connectivity index (χ2n) is 21.7. The molecule has 15 N–H and O–H groups in total. The number of primary amides is 2. The topological polar surface area (TPSA) is 430 Å². The number of hydrogen-bond donors (Lipinski definition) is 13. The molecular formula is C54H91ClN12O16. The number of carbonyl (C=O) groups excluding carboxylic acids is 12. The van der Waals surface area contributed by atoms with Gasteiger partial charge < -0.3 is 83.9 Å². The lowest BCUT2D eigenvalue weighted by atomic mass is 9.90. The van der Waals surface area contributed by atoms with Crippen molar-refractivity contribution in [3.63, 3.8) is 0 Å². The largest absolute Gasteiger partial charge is 0.391 e. The lowest BCUT2D eigenvalue weighted by Gasteiger charge is -2.36. The van der Waals surface area contributed by atoms with Crippen LogP contribution in [0.25, 0.3) is 0 Å². The molecule has 2 saturated heterocycles. The SMILES string of the molecule is C/C=C1/NC(=O)[C@H](C(C)C)NC(=O)[C@H](O)[C@@H]([C@@H](C)CCCCCCC[C@@H](Cl)CC)NC(=O)[C@@H]2CCCN2C(=O)[C@H](CC(N)=O)N(C)C(=O)[C@H]([C@@H](C)OC)NC(=O)CNC(=O)[C@H](CCC(N)=O)NC(=O)[C@H]([C@@H](C)O)NC(=O)[C@H]([C@@H](C)O)NC1=O. The fourth-order valence-corrected chi connectivity index (χ4v) is 9.67. The average molecular weight is 1200 g/mol. The highest BCUT2D eigenvalue weighted by Crippen LogP contribution is 2.25. The Morgan fingerprint density at radius 2 is 1.30 bits per heavy atom. The number of likely N-dealkylation sites (N-methyl/N-ethyl adjacent to an activating group) is 1. The molecule has 0 bridgehead atoms. The molecule has 0 unspecified atom stereocenters. The molecule has 28 nitrogen and oxygen atoms in total. The van der Waals surface area contributed by atoms with Gasteiger partial charge in [-0.2, -0.15) is 0 Å². The van der Waals surface area contributed by atoms with Crippen molar-refractivity contribution in [3.8, 4) is 0 Å². The summed E-state index contributed by atoms with van der Waals surface area (Å²) in [6, 6.07) is -12.8. The van der Waals surface area contributed by atoms with Gasteiger partial charge in [0, 0.05) is 32.5 Å². The number of nitrogens with two attached hydrogens (primary N) is 2. The second-order valence-corrected chi connectivity index (χ2v) is 22.4. The van der Waals surface area contributed by atoms with Crippen LogP contribution in [0.5, 0.6) is 0 Å². The minimum atomic E-state index is -2.02. The van der Waals surface area contributed by atoms with Crippen LogP contribution in [-0.4, -0.2) is 201 Å². The summed E-state index contributed by atoms with van der Waals surface area (Å²) in [6.45, 7) is 10.9. The number of fused-ring (bicyclic) bond motifs is 1. The number of halogens is 1. The third-order valence-corrected chi connectivity index (χ3v) is 15.3. The number of ether oxygens (including phenoxy) is 1. The van der Waals surface area contributed by atoms with E-state index in [0.29, 0.717) is 12.8 Å². The van der Waals surface area contributed by atoms with Gasteiger partial charge in [-0.3, -0.25) is 57.5 Å². The molecule has 0 saturated carbocycles. The molecule has 0 aliphatic carbocycles. The summed E-state index contributed by atoms with van der Waals surface area (Å²) >= 11 is 6.30. The van der Waals surface area contributed by atoms with Crippen molar-refractivity contribution in [1.29, 1.82) is 0 Å². The highest BCUT2D eigenvalue weighted by molar-refractivity contribution is 6.20. The van der Waals surface area contributed by atoms with E-state index in [1.807, 2.05) is 6.92 Å². The fraction of sp³-hybridized carbons (Fsp3) is 0.741. The average Bonchev–Trinajstić information content (AvgIpc) is 4.16. The van der Waals surface area contributed by atoms with E-state index in [1.165, 1.54) is 21.0 Å². The third kappa shape index (κ3) is 22.9. The Morgan fingerprint density at radius 1 is 0.723 bits per heavy atom. The second kappa shape index (κ2) is 35.6. The first kappa shape index (κ1) is 72.6. The molecule has 470 valence electrons. The first-order chi connectivity index (χ1) is 38.9. The van der Waals surface area contributed by atoms with Crippen molar-refractivity contribution >= 4 is 82.5 Å². The number of rotatable bonds is 20. The van der Waals surface area contributed by atoms with Crippen molar-refractivity contribution < 1.29 is 77.6 Å². The van der Waals surface area contributed by atoms with Gasteiger partial charge in [0.2, 0.25) is 59.1 Å². The van der Waals surface area contributed by atoms with E-state index in [-0.39, 0.29) is 24.8 Å². The molecule has 0 aromatic carbocycles. The van der Waals surface area contributed by atoms with Gasteiger partial charge in [-0.25, -0.2) is 0 Å². The lowest BCUT2D eigenvalue weighted by Crippen LogP contribution is -2.62. The Kier molecular flexibility index (Phi) is 31.1. The molecule has 12 amide bonds. The van der Waals surface area contributed by atoms with Gasteiger partial charge in [0.05, 0.1) is 37.3 Å². The van der Waals surface area contributed by atoms with Crippen molar-refractivity contribution in [2.75, 3.05) is 27.2 Å². The first-order valence-electron chi connectivity index (χ1n) is 28.3. The molecule has 83 heavy (non-hydrogen) atoms.